The summed E-state index contributed by atoms with van der Waals surface area (Å²) < 4.78 is 14.6. The van der Waals surface area contributed by atoms with E-state index in [4.69, 9.17) is 14.2 Å². The van der Waals surface area contributed by atoms with Gasteiger partial charge >= 0.3 is 5.97 Å². The SMILES string of the molecule is COC[C@H]1O[C@H](O)[C@H](O)[C@@H](O)[C@@H]1OC(C)=O. The normalized spacial score (nSPS) is 39.4. The Bertz CT molecular complexity index is 244. The van der Waals surface area contributed by atoms with Crippen molar-refractivity contribution in [1.82, 2.24) is 0 Å². The maximum Gasteiger partial charge on any atom is 0.303 e. The lowest BCUT2D eigenvalue weighted by atomic mass is 9.99. The quantitative estimate of drug-likeness (QED) is 0.487. The zero-order valence-electron chi connectivity index (χ0n) is 9.07. The van der Waals surface area contributed by atoms with E-state index in [1.165, 1.54) is 14.0 Å². The van der Waals surface area contributed by atoms with Gasteiger partial charge in [0.2, 0.25) is 0 Å². The molecule has 1 aliphatic heterocycles. The van der Waals surface area contributed by atoms with Crippen molar-refractivity contribution in [2.75, 3.05) is 13.7 Å². The van der Waals surface area contributed by atoms with Crippen LogP contribution in [-0.4, -0.2) is 65.7 Å². The van der Waals surface area contributed by atoms with E-state index in [9.17, 15) is 20.1 Å². The summed E-state index contributed by atoms with van der Waals surface area (Å²) in [7, 11) is 1.40. The van der Waals surface area contributed by atoms with Gasteiger partial charge in [-0.25, -0.2) is 0 Å². The fourth-order valence-corrected chi connectivity index (χ4v) is 1.56. The van der Waals surface area contributed by atoms with E-state index in [1.807, 2.05) is 0 Å². The first-order valence-electron chi connectivity index (χ1n) is 4.83. The lowest BCUT2D eigenvalue weighted by Gasteiger charge is -2.39. The highest BCUT2D eigenvalue weighted by molar-refractivity contribution is 5.66. The molecule has 5 atom stereocenters. The molecule has 0 saturated carbocycles. The van der Waals surface area contributed by atoms with Gasteiger partial charge in [-0.15, -0.1) is 0 Å². The molecular formula is C9H16O7. The van der Waals surface area contributed by atoms with Crippen LogP contribution in [0.5, 0.6) is 0 Å². The number of hydrogen-bond acceptors (Lipinski definition) is 7. The Morgan fingerprint density at radius 2 is 1.94 bits per heavy atom. The van der Waals surface area contributed by atoms with Crippen LogP contribution in [-0.2, 0) is 19.0 Å². The number of aliphatic hydroxyl groups is 3. The van der Waals surface area contributed by atoms with Crippen LogP contribution in [0, 0.1) is 0 Å². The molecule has 0 aromatic heterocycles. The topological polar surface area (TPSA) is 105 Å². The Hall–Kier alpha value is -0.730. The van der Waals surface area contributed by atoms with Crippen molar-refractivity contribution in [1.29, 1.82) is 0 Å². The van der Waals surface area contributed by atoms with Crippen LogP contribution in [0.2, 0.25) is 0 Å². The van der Waals surface area contributed by atoms with Crippen molar-refractivity contribution in [2.24, 2.45) is 0 Å². The molecule has 0 spiro atoms. The van der Waals surface area contributed by atoms with Gasteiger partial charge in [0.1, 0.15) is 18.3 Å². The standard InChI is InChI=1S/C9H16O7/c1-4(10)15-8-5(3-14-2)16-9(13)7(12)6(8)11/h5-9,11-13H,3H2,1-2H3/t5-,6-,7-,8-,9+/m1/s1. The van der Waals surface area contributed by atoms with E-state index < -0.39 is 36.7 Å². The largest absolute Gasteiger partial charge is 0.457 e. The predicted molar refractivity (Wildman–Crippen MR) is 50.3 cm³/mol. The van der Waals surface area contributed by atoms with Gasteiger partial charge in [-0.2, -0.15) is 0 Å². The lowest BCUT2D eigenvalue weighted by molar-refractivity contribution is -0.290. The van der Waals surface area contributed by atoms with Gasteiger partial charge < -0.3 is 29.5 Å². The first-order chi connectivity index (χ1) is 7.47. The molecule has 7 nitrogen and oxygen atoms in total. The summed E-state index contributed by atoms with van der Waals surface area (Å²) in [5.41, 5.74) is 0. The van der Waals surface area contributed by atoms with Crippen molar-refractivity contribution in [3.63, 3.8) is 0 Å². The van der Waals surface area contributed by atoms with Crippen LogP contribution >= 0.6 is 0 Å². The second-order valence-electron chi connectivity index (χ2n) is 3.58. The number of rotatable bonds is 3. The number of carbonyl (C=O) groups excluding carboxylic acids is 1. The fourth-order valence-electron chi connectivity index (χ4n) is 1.56. The third kappa shape index (κ3) is 2.89. The minimum atomic E-state index is -1.53. The Morgan fingerprint density at radius 3 is 2.44 bits per heavy atom. The lowest BCUT2D eigenvalue weighted by Crippen LogP contribution is -2.59. The fraction of sp³-hybridized carbons (Fsp3) is 0.889. The average Bonchev–Trinajstić information content (AvgIpc) is 2.21. The minimum Gasteiger partial charge on any atom is -0.457 e. The third-order valence-electron chi connectivity index (χ3n) is 2.29. The maximum atomic E-state index is 10.8. The van der Waals surface area contributed by atoms with Crippen LogP contribution in [0.25, 0.3) is 0 Å². The number of carbonyl (C=O) groups is 1. The summed E-state index contributed by atoms with van der Waals surface area (Å²) >= 11 is 0. The van der Waals surface area contributed by atoms with Crippen molar-refractivity contribution < 1.29 is 34.3 Å². The first-order valence-corrected chi connectivity index (χ1v) is 4.83. The minimum absolute atomic E-state index is 0.0266. The highest BCUT2D eigenvalue weighted by atomic mass is 16.7. The van der Waals surface area contributed by atoms with Gasteiger partial charge in [-0.05, 0) is 0 Å². The number of ether oxygens (including phenoxy) is 3. The molecule has 0 aliphatic carbocycles. The number of aliphatic hydroxyl groups excluding tert-OH is 3. The van der Waals surface area contributed by atoms with E-state index in [0.717, 1.165) is 0 Å². The number of hydrogen-bond donors (Lipinski definition) is 3. The van der Waals surface area contributed by atoms with E-state index >= 15 is 0 Å². The van der Waals surface area contributed by atoms with Gasteiger partial charge in [-0.3, -0.25) is 4.79 Å². The van der Waals surface area contributed by atoms with Crippen molar-refractivity contribution in [3.05, 3.63) is 0 Å². The molecule has 1 heterocycles. The summed E-state index contributed by atoms with van der Waals surface area (Å²) in [6.45, 7) is 1.20. The average molecular weight is 236 g/mol. The van der Waals surface area contributed by atoms with Crippen LogP contribution in [0.3, 0.4) is 0 Å². The third-order valence-corrected chi connectivity index (χ3v) is 2.29. The molecule has 0 amide bonds. The van der Waals surface area contributed by atoms with Gasteiger partial charge in [0.25, 0.3) is 0 Å². The summed E-state index contributed by atoms with van der Waals surface area (Å²) in [4.78, 5) is 10.8. The monoisotopic (exact) mass is 236 g/mol. The molecule has 94 valence electrons. The Morgan fingerprint density at radius 1 is 1.31 bits per heavy atom. The molecule has 0 radical (unpaired) electrons. The van der Waals surface area contributed by atoms with E-state index in [1.54, 1.807) is 0 Å². The summed E-state index contributed by atoms with van der Waals surface area (Å²) in [5.74, 6) is -0.614. The molecule has 1 fully saturated rings. The molecule has 1 rings (SSSR count). The van der Waals surface area contributed by atoms with Crippen LogP contribution < -0.4 is 0 Å². The van der Waals surface area contributed by atoms with Crippen molar-refractivity contribution in [3.8, 4) is 0 Å². The van der Waals surface area contributed by atoms with Gasteiger partial charge in [-0.1, -0.05) is 0 Å². The molecule has 0 bridgehead atoms. The van der Waals surface area contributed by atoms with Crippen LogP contribution in [0.4, 0.5) is 0 Å². The molecule has 3 N–H and O–H groups in total. The molecular weight excluding hydrogens is 220 g/mol. The Labute approximate surface area is 92.5 Å². The molecule has 1 saturated heterocycles. The molecule has 0 unspecified atom stereocenters. The second-order valence-corrected chi connectivity index (χ2v) is 3.58. The zero-order valence-corrected chi connectivity index (χ0v) is 9.07. The van der Waals surface area contributed by atoms with Gasteiger partial charge in [0.15, 0.2) is 12.4 Å². The van der Waals surface area contributed by atoms with E-state index in [-0.39, 0.29) is 6.61 Å². The van der Waals surface area contributed by atoms with Crippen LogP contribution in [0.15, 0.2) is 0 Å². The smallest absolute Gasteiger partial charge is 0.303 e. The molecule has 7 heteroatoms. The van der Waals surface area contributed by atoms with Gasteiger partial charge in [0.05, 0.1) is 6.61 Å². The Balaban J connectivity index is 2.75. The molecule has 1 aliphatic rings. The highest BCUT2D eigenvalue weighted by Crippen LogP contribution is 2.22. The van der Waals surface area contributed by atoms with Gasteiger partial charge in [0, 0.05) is 14.0 Å². The molecule has 0 aromatic rings. The Kier molecular flexibility index (Phi) is 4.63. The highest BCUT2D eigenvalue weighted by Gasteiger charge is 2.45. The van der Waals surface area contributed by atoms with E-state index in [2.05, 4.69) is 0 Å². The zero-order chi connectivity index (χ0) is 12.3. The predicted octanol–water partition coefficient (Wildman–Crippen LogP) is -2.00. The molecule has 16 heavy (non-hydrogen) atoms. The number of esters is 1. The summed E-state index contributed by atoms with van der Waals surface area (Å²) in [6, 6.07) is 0. The van der Waals surface area contributed by atoms with Crippen molar-refractivity contribution in [2.45, 2.75) is 37.6 Å². The van der Waals surface area contributed by atoms with Crippen LogP contribution in [0.1, 0.15) is 6.92 Å². The molecule has 0 aromatic carbocycles. The van der Waals surface area contributed by atoms with E-state index in [0.29, 0.717) is 0 Å². The number of methoxy groups -OCH3 is 1. The summed E-state index contributed by atoms with van der Waals surface area (Å²) in [6.07, 6.45) is -6.33. The second kappa shape index (κ2) is 5.55. The van der Waals surface area contributed by atoms with Crippen molar-refractivity contribution >= 4 is 5.97 Å². The first kappa shape index (κ1) is 13.3. The summed E-state index contributed by atoms with van der Waals surface area (Å²) in [5, 5.41) is 28.3. The maximum absolute atomic E-state index is 10.8.